The standard InChI is InChI=1S/C10H12O/c1-2-9-10(11-9)8-6-4-3-5-7-8/h3-7,9-10H,2H2,1H3. The van der Waals surface area contributed by atoms with Gasteiger partial charge in [0.15, 0.2) is 0 Å². The minimum atomic E-state index is 0.390. The highest BCUT2D eigenvalue weighted by molar-refractivity contribution is 5.21. The van der Waals surface area contributed by atoms with Gasteiger partial charge in [-0.1, -0.05) is 37.3 Å². The first kappa shape index (κ1) is 6.86. The molecule has 1 aromatic carbocycles. The SMILES string of the molecule is CCC1OC1c1ccccc1. The van der Waals surface area contributed by atoms with Crippen molar-refractivity contribution in [2.75, 3.05) is 0 Å². The first-order valence-corrected chi connectivity index (χ1v) is 4.12. The normalized spacial score (nSPS) is 28.5. The average molecular weight is 148 g/mol. The molecule has 0 bridgehead atoms. The number of benzene rings is 1. The van der Waals surface area contributed by atoms with Crippen molar-refractivity contribution >= 4 is 0 Å². The van der Waals surface area contributed by atoms with Crippen LogP contribution in [0.3, 0.4) is 0 Å². The van der Waals surface area contributed by atoms with E-state index < -0.39 is 0 Å². The van der Waals surface area contributed by atoms with Gasteiger partial charge in [0.1, 0.15) is 6.10 Å². The minimum Gasteiger partial charge on any atom is -0.365 e. The van der Waals surface area contributed by atoms with E-state index in [-0.39, 0.29) is 0 Å². The Bertz CT molecular complexity index is 230. The molecule has 1 heteroatoms. The number of rotatable bonds is 2. The number of ether oxygens (including phenoxy) is 1. The molecular formula is C10H12O. The van der Waals surface area contributed by atoms with Crippen LogP contribution in [0.2, 0.25) is 0 Å². The molecule has 0 saturated carbocycles. The largest absolute Gasteiger partial charge is 0.365 e. The van der Waals surface area contributed by atoms with Crippen LogP contribution in [0.4, 0.5) is 0 Å². The second kappa shape index (κ2) is 2.67. The summed E-state index contributed by atoms with van der Waals surface area (Å²) in [6, 6.07) is 10.4. The summed E-state index contributed by atoms with van der Waals surface area (Å²) in [4.78, 5) is 0. The van der Waals surface area contributed by atoms with E-state index >= 15 is 0 Å². The molecule has 1 fully saturated rings. The van der Waals surface area contributed by atoms with Gasteiger partial charge in [-0.15, -0.1) is 0 Å². The van der Waals surface area contributed by atoms with E-state index in [0.717, 1.165) is 6.42 Å². The van der Waals surface area contributed by atoms with Gasteiger partial charge in [0.2, 0.25) is 0 Å². The third kappa shape index (κ3) is 1.29. The van der Waals surface area contributed by atoms with Crippen LogP contribution in [0.15, 0.2) is 30.3 Å². The van der Waals surface area contributed by atoms with Crippen molar-refractivity contribution in [1.29, 1.82) is 0 Å². The summed E-state index contributed by atoms with van der Waals surface area (Å²) in [5.41, 5.74) is 1.32. The molecule has 1 heterocycles. The topological polar surface area (TPSA) is 12.5 Å². The minimum absolute atomic E-state index is 0.390. The monoisotopic (exact) mass is 148 g/mol. The summed E-state index contributed by atoms with van der Waals surface area (Å²) >= 11 is 0. The Morgan fingerprint density at radius 2 is 2.00 bits per heavy atom. The molecule has 1 nitrogen and oxygen atoms in total. The lowest BCUT2D eigenvalue weighted by atomic mass is 10.1. The van der Waals surface area contributed by atoms with E-state index in [4.69, 9.17) is 4.74 Å². The molecular weight excluding hydrogens is 136 g/mol. The average Bonchev–Trinajstić information content (AvgIpc) is 2.85. The van der Waals surface area contributed by atoms with Crippen LogP contribution in [0, 0.1) is 0 Å². The van der Waals surface area contributed by atoms with Crippen LogP contribution in [0.1, 0.15) is 25.0 Å². The van der Waals surface area contributed by atoms with Crippen molar-refractivity contribution in [2.45, 2.75) is 25.6 Å². The third-order valence-electron chi connectivity index (χ3n) is 2.11. The summed E-state index contributed by atoms with van der Waals surface area (Å²) < 4.78 is 5.45. The van der Waals surface area contributed by atoms with E-state index in [1.807, 2.05) is 6.07 Å². The van der Waals surface area contributed by atoms with E-state index in [2.05, 4.69) is 31.2 Å². The van der Waals surface area contributed by atoms with Gasteiger partial charge in [0.25, 0.3) is 0 Å². The zero-order chi connectivity index (χ0) is 7.68. The summed E-state index contributed by atoms with van der Waals surface area (Å²) in [7, 11) is 0. The van der Waals surface area contributed by atoms with Gasteiger partial charge in [-0.2, -0.15) is 0 Å². The Morgan fingerprint density at radius 1 is 1.27 bits per heavy atom. The van der Waals surface area contributed by atoms with Crippen LogP contribution in [0.5, 0.6) is 0 Å². The van der Waals surface area contributed by atoms with Crippen LogP contribution in [0.25, 0.3) is 0 Å². The van der Waals surface area contributed by atoms with Crippen LogP contribution >= 0.6 is 0 Å². The summed E-state index contributed by atoms with van der Waals surface area (Å²) in [6.07, 6.45) is 2.00. The van der Waals surface area contributed by atoms with E-state index in [1.54, 1.807) is 0 Å². The lowest BCUT2D eigenvalue weighted by molar-refractivity contribution is 0.370. The maximum Gasteiger partial charge on any atom is 0.109 e. The molecule has 1 aliphatic heterocycles. The van der Waals surface area contributed by atoms with Crippen molar-refractivity contribution in [3.63, 3.8) is 0 Å². The van der Waals surface area contributed by atoms with Gasteiger partial charge >= 0.3 is 0 Å². The van der Waals surface area contributed by atoms with E-state index in [9.17, 15) is 0 Å². The van der Waals surface area contributed by atoms with E-state index in [1.165, 1.54) is 5.56 Å². The summed E-state index contributed by atoms with van der Waals surface area (Å²) in [5.74, 6) is 0. The molecule has 2 atom stereocenters. The third-order valence-corrected chi connectivity index (χ3v) is 2.11. The maximum atomic E-state index is 5.45. The molecule has 1 aromatic rings. The Balaban J connectivity index is 2.09. The fourth-order valence-corrected chi connectivity index (χ4v) is 1.39. The van der Waals surface area contributed by atoms with Gasteiger partial charge in [0.05, 0.1) is 6.10 Å². The van der Waals surface area contributed by atoms with E-state index in [0.29, 0.717) is 12.2 Å². The molecule has 1 aliphatic rings. The number of epoxide rings is 1. The van der Waals surface area contributed by atoms with Crippen molar-refractivity contribution in [3.8, 4) is 0 Å². The molecule has 1 saturated heterocycles. The molecule has 0 aromatic heterocycles. The quantitative estimate of drug-likeness (QED) is 0.587. The van der Waals surface area contributed by atoms with Crippen LogP contribution in [-0.2, 0) is 4.74 Å². The predicted octanol–water partition coefficient (Wildman–Crippen LogP) is 2.54. The highest BCUT2D eigenvalue weighted by Gasteiger charge is 2.37. The Morgan fingerprint density at radius 3 is 2.55 bits per heavy atom. The van der Waals surface area contributed by atoms with Crippen molar-refractivity contribution in [1.82, 2.24) is 0 Å². The van der Waals surface area contributed by atoms with Gasteiger partial charge in [0, 0.05) is 0 Å². The van der Waals surface area contributed by atoms with Crippen molar-refractivity contribution in [3.05, 3.63) is 35.9 Å². The molecule has 0 N–H and O–H groups in total. The van der Waals surface area contributed by atoms with Gasteiger partial charge in [-0.05, 0) is 12.0 Å². The molecule has 0 aliphatic carbocycles. The molecule has 58 valence electrons. The fraction of sp³-hybridized carbons (Fsp3) is 0.400. The van der Waals surface area contributed by atoms with Crippen LogP contribution in [-0.4, -0.2) is 6.10 Å². The van der Waals surface area contributed by atoms with Crippen molar-refractivity contribution in [2.24, 2.45) is 0 Å². The molecule has 0 amide bonds. The fourth-order valence-electron chi connectivity index (χ4n) is 1.39. The van der Waals surface area contributed by atoms with Crippen LogP contribution < -0.4 is 0 Å². The maximum absolute atomic E-state index is 5.45. The second-order valence-electron chi connectivity index (χ2n) is 2.91. The molecule has 2 rings (SSSR count). The summed E-state index contributed by atoms with van der Waals surface area (Å²) in [5, 5.41) is 0. The second-order valence-corrected chi connectivity index (χ2v) is 2.91. The molecule has 0 radical (unpaired) electrons. The zero-order valence-electron chi connectivity index (χ0n) is 6.66. The molecule has 2 unspecified atom stereocenters. The van der Waals surface area contributed by atoms with Gasteiger partial charge in [-0.25, -0.2) is 0 Å². The Kier molecular flexibility index (Phi) is 1.66. The Labute approximate surface area is 67.0 Å². The highest BCUT2D eigenvalue weighted by atomic mass is 16.6. The smallest absolute Gasteiger partial charge is 0.109 e. The van der Waals surface area contributed by atoms with Gasteiger partial charge in [-0.3, -0.25) is 0 Å². The zero-order valence-corrected chi connectivity index (χ0v) is 6.66. The first-order chi connectivity index (χ1) is 5.42. The molecule has 0 spiro atoms. The lowest BCUT2D eigenvalue weighted by Crippen LogP contribution is -1.84. The van der Waals surface area contributed by atoms with Crippen molar-refractivity contribution < 1.29 is 4.74 Å². The number of hydrogen-bond acceptors (Lipinski definition) is 1. The first-order valence-electron chi connectivity index (χ1n) is 4.12. The predicted molar refractivity (Wildman–Crippen MR) is 44.3 cm³/mol. The number of hydrogen-bond donors (Lipinski definition) is 0. The molecule has 11 heavy (non-hydrogen) atoms. The lowest BCUT2D eigenvalue weighted by Gasteiger charge is -1.91. The Hall–Kier alpha value is -0.820. The summed E-state index contributed by atoms with van der Waals surface area (Å²) in [6.45, 7) is 2.16. The highest BCUT2D eigenvalue weighted by Crippen LogP contribution is 2.40. The van der Waals surface area contributed by atoms with Gasteiger partial charge < -0.3 is 4.74 Å².